The van der Waals surface area contributed by atoms with Crippen molar-refractivity contribution in [2.75, 3.05) is 36.0 Å². The molecular weight excluding hydrogens is 274 g/mol. The monoisotopic (exact) mass is 297 g/mol. The predicted molar refractivity (Wildman–Crippen MR) is 81.6 cm³/mol. The van der Waals surface area contributed by atoms with E-state index in [0.717, 1.165) is 24.5 Å². The molecule has 2 rings (SSSR count). The highest BCUT2D eigenvalue weighted by molar-refractivity contribution is 7.91. The van der Waals surface area contributed by atoms with Gasteiger partial charge in [-0.3, -0.25) is 0 Å². The zero-order chi connectivity index (χ0) is 14.6. The summed E-state index contributed by atoms with van der Waals surface area (Å²) in [6.45, 7) is 7.15. The third-order valence-corrected chi connectivity index (χ3v) is 4.99. The Kier molecular flexibility index (Phi) is 4.99. The minimum Gasteiger partial charge on any atom is -0.354 e. The molecule has 1 fully saturated rings. The van der Waals surface area contributed by atoms with Crippen LogP contribution in [0.2, 0.25) is 0 Å². The molecule has 1 N–H and O–H groups in total. The molecule has 1 aromatic rings. The van der Waals surface area contributed by atoms with E-state index in [2.05, 4.69) is 35.1 Å². The fraction of sp³-hybridized carbons (Fsp3) is 0.643. The van der Waals surface area contributed by atoms with E-state index in [1.807, 2.05) is 6.07 Å². The lowest BCUT2D eigenvalue weighted by molar-refractivity contribution is 0.551. The first-order chi connectivity index (χ1) is 9.48. The van der Waals surface area contributed by atoms with E-state index in [1.54, 1.807) is 6.20 Å². The summed E-state index contributed by atoms with van der Waals surface area (Å²) in [6, 6.07) is 3.98. The van der Waals surface area contributed by atoms with E-state index in [4.69, 9.17) is 0 Å². The molecule has 1 saturated heterocycles. The molecule has 0 unspecified atom stereocenters. The van der Waals surface area contributed by atoms with Crippen LogP contribution in [-0.2, 0) is 16.4 Å². The average Bonchev–Trinajstić information content (AvgIpc) is 2.39. The van der Waals surface area contributed by atoms with Crippen molar-refractivity contribution in [1.82, 2.24) is 10.3 Å². The number of nitrogens with one attached hydrogen (secondary N) is 1. The molecule has 0 atom stereocenters. The van der Waals surface area contributed by atoms with Gasteiger partial charge in [0.25, 0.3) is 0 Å². The average molecular weight is 297 g/mol. The van der Waals surface area contributed by atoms with E-state index < -0.39 is 9.84 Å². The van der Waals surface area contributed by atoms with Crippen molar-refractivity contribution in [3.8, 4) is 0 Å². The molecule has 0 aliphatic carbocycles. The summed E-state index contributed by atoms with van der Waals surface area (Å²) in [6.07, 6.45) is 1.77. The van der Waals surface area contributed by atoms with Gasteiger partial charge in [-0.2, -0.15) is 0 Å². The van der Waals surface area contributed by atoms with Gasteiger partial charge in [-0.1, -0.05) is 19.9 Å². The zero-order valence-corrected chi connectivity index (χ0v) is 13.0. The molecule has 0 bridgehead atoms. The van der Waals surface area contributed by atoms with Crippen molar-refractivity contribution in [1.29, 1.82) is 0 Å². The zero-order valence-electron chi connectivity index (χ0n) is 12.2. The minimum atomic E-state index is -2.85. The van der Waals surface area contributed by atoms with Crippen molar-refractivity contribution in [2.24, 2.45) is 5.92 Å². The first-order valence-corrected chi connectivity index (χ1v) is 8.90. The van der Waals surface area contributed by atoms with Gasteiger partial charge in [0.1, 0.15) is 5.82 Å². The Labute approximate surface area is 121 Å². The number of nitrogens with zero attached hydrogens (tertiary/aromatic N) is 2. The van der Waals surface area contributed by atoms with Crippen molar-refractivity contribution in [3.63, 3.8) is 0 Å². The summed E-state index contributed by atoms with van der Waals surface area (Å²) in [5.41, 5.74) is 1.13. The summed E-state index contributed by atoms with van der Waals surface area (Å²) in [7, 11) is -2.85. The maximum atomic E-state index is 11.5. The van der Waals surface area contributed by atoms with Gasteiger partial charge >= 0.3 is 0 Å². The van der Waals surface area contributed by atoms with Crippen LogP contribution in [0.15, 0.2) is 18.3 Å². The van der Waals surface area contributed by atoms with Gasteiger partial charge in [0, 0.05) is 31.4 Å². The van der Waals surface area contributed by atoms with E-state index in [9.17, 15) is 8.42 Å². The molecule has 112 valence electrons. The molecule has 0 amide bonds. The summed E-state index contributed by atoms with van der Waals surface area (Å²) >= 11 is 0. The smallest absolute Gasteiger partial charge is 0.153 e. The lowest BCUT2D eigenvalue weighted by Gasteiger charge is -2.29. The van der Waals surface area contributed by atoms with E-state index >= 15 is 0 Å². The lowest BCUT2D eigenvalue weighted by Crippen LogP contribution is -2.41. The molecule has 2 heterocycles. The molecule has 0 aromatic carbocycles. The van der Waals surface area contributed by atoms with Gasteiger partial charge in [-0.05, 0) is 18.5 Å². The number of pyridine rings is 1. The maximum Gasteiger partial charge on any atom is 0.153 e. The first-order valence-electron chi connectivity index (χ1n) is 7.08. The SMILES string of the molecule is CC(C)CNCc1cccnc1N1CCS(=O)(=O)CC1. The summed E-state index contributed by atoms with van der Waals surface area (Å²) in [5.74, 6) is 1.97. The van der Waals surface area contributed by atoms with Gasteiger partial charge in [-0.15, -0.1) is 0 Å². The Balaban J connectivity index is 2.04. The Hall–Kier alpha value is -1.14. The largest absolute Gasteiger partial charge is 0.354 e. The summed E-state index contributed by atoms with van der Waals surface area (Å²) < 4.78 is 23.0. The van der Waals surface area contributed by atoms with Crippen LogP contribution in [0.3, 0.4) is 0 Å². The number of hydrogen-bond donors (Lipinski definition) is 1. The second-order valence-electron chi connectivity index (χ2n) is 5.65. The molecule has 1 aliphatic rings. The van der Waals surface area contributed by atoms with Crippen LogP contribution in [0.25, 0.3) is 0 Å². The quantitative estimate of drug-likeness (QED) is 0.880. The van der Waals surface area contributed by atoms with Crippen LogP contribution in [0.5, 0.6) is 0 Å². The van der Waals surface area contributed by atoms with Gasteiger partial charge in [0.2, 0.25) is 0 Å². The van der Waals surface area contributed by atoms with Crippen LogP contribution in [0.1, 0.15) is 19.4 Å². The van der Waals surface area contributed by atoms with Crippen LogP contribution in [0, 0.1) is 5.92 Å². The van der Waals surface area contributed by atoms with Gasteiger partial charge in [-0.25, -0.2) is 13.4 Å². The first kappa shape index (κ1) is 15.3. The Morgan fingerprint density at radius 3 is 2.70 bits per heavy atom. The van der Waals surface area contributed by atoms with E-state index in [-0.39, 0.29) is 11.5 Å². The van der Waals surface area contributed by atoms with Crippen molar-refractivity contribution < 1.29 is 8.42 Å². The van der Waals surface area contributed by atoms with Gasteiger partial charge in [0.15, 0.2) is 9.84 Å². The summed E-state index contributed by atoms with van der Waals surface area (Å²) in [5, 5.41) is 3.41. The highest BCUT2D eigenvalue weighted by Gasteiger charge is 2.23. The van der Waals surface area contributed by atoms with Crippen molar-refractivity contribution in [2.45, 2.75) is 20.4 Å². The fourth-order valence-electron chi connectivity index (χ4n) is 2.27. The number of rotatable bonds is 5. The third-order valence-electron chi connectivity index (χ3n) is 3.38. The van der Waals surface area contributed by atoms with Crippen LogP contribution >= 0.6 is 0 Å². The third kappa shape index (κ3) is 4.18. The Morgan fingerprint density at radius 2 is 2.05 bits per heavy atom. The second kappa shape index (κ2) is 6.54. The predicted octanol–water partition coefficient (Wildman–Crippen LogP) is 1.06. The topological polar surface area (TPSA) is 62.3 Å². The molecule has 0 spiro atoms. The van der Waals surface area contributed by atoms with E-state index in [0.29, 0.717) is 19.0 Å². The van der Waals surface area contributed by atoms with Gasteiger partial charge in [0.05, 0.1) is 11.5 Å². The fourth-order valence-corrected chi connectivity index (χ4v) is 3.47. The highest BCUT2D eigenvalue weighted by atomic mass is 32.2. The maximum absolute atomic E-state index is 11.5. The highest BCUT2D eigenvalue weighted by Crippen LogP contribution is 2.19. The Bertz CT molecular complexity index is 529. The minimum absolute atomic E-state index is 0.225. The normalized spacial score (nSPS) is 18.4. The molecule has 1 aliphatic heterocycles. The lowest BCUT2D eigenvalue weighted by atomic mass is 10.2. The van der Waals surface area contributed by atoms with Gasteiger partial charge < -0.3 is 10.2 Å². The molecule has 0 radical (unpaired) electrons. The molecule has 20 heavy (non-hydrogen) atoms. The number of sulfone groups is 1. The van der Waals surface area contributed by atoms with E-state index in [1.165, 1.54) is 0 Å². The standard InChI is InChI=1S/C14H23N3O2S/c1-12(2)10-15-11-13-4-3-5-16-14(13)17-6-8-20(18,19)9-7-17/h3-5,12,15H,6-11H2,1-2H3. The van der Waals surface area contributed by atoms with Crippen LogP contribution < -0.4 is 10.2 Å². The number of hydrogen-bond acceptors (Lipinski definition) is 5. The molecule has 0 saturated carbocycles. The molecule has 1 aromatic heterocycles. The van der Waals surface area contributed by atoms with Crippen LogP contribution in [0.4, 0.5) is 5.82 Å². The van der Waals surface area contributed by atoms with Crippen molar-refractivity contribution >= 4 is 15.7 Å². The van der Waals surface area contributed by atoms with Crippen molar-refractivity contribution in [3.05, 3.63) is 23.9 Å². The van der Waals surface area contributed by atoms with Crippen LogP contribution in [-0.4, -0.2) is 44.5 Å². The number of anilines is 1. The Morgan fingerprint density at radius 1 is 1.35 bits per heavy atom. The summed E-state index contributed by atoms with van der Waals surface area (Å²) in [4.78, 5) is 6.52. The molecule has 5 nitrogen and oxygen atoms in total. The number of aromatic nitrogens is 1. The molecule has 6 heteroatoms. The molecular formula is C14H23N3O2S. The second-order valence-corrected chi connectivity index (χ2v) is 7.95.